The molecule has 27 heavy (non-hydrogen) atoms. The standard InChI is InChI=1S/C19H11BrClN3O3/c20-16-10-9-15(26-16)18(25)22-14-7-3-11(4-8-14)17-23-19(27-24-17)12-1-5-13(21)6-2-12/h1-10H,(H,22,25). The van der Waals surface area contributed by atoms with Gasteiger partial charge in [0.2, 0.25) is 5.82 Å². The van der Waals surface area contributed by atoms with Crippen molar-refractivity contribution in [1.82, 2.24) is 10.1 Å². The number of amides is 1. The van der Waals surface area contributed by atoms with Gasteiger partial charge in [-0.3, -0.25) is 4.79 Å². The topological polar surface area (TPSA) is 81.2 Å². The Hall–Kier alpha value is -2.90. The third kappa shape index (κ3) is 3.94. The van der Waals surface area contributed by atoms with E-state index in [0.717, 1.165) is 11.1 Å². The predicted octanol–water partition coefficient (Wildman–Crippen LogP) is 5.66. The maximum atomic E-state index is 12.1. The number of hydrogen-bond donors (Lipinski definition) is 1. The van der Waals surface area contributed by atoms with Crippen molar-refractivity contribution in [2.24, 2.45) is 0 Å². The van der Waals surface area contributed by atoms with Gasteiger partial charge in [-0.1, -0.05) is 16.8 Å². The zero-order chi connectivity index (χ0) is 18.8. The molecule has 0 atom stereocenters. The molecule has 2 aromatic carbocycles. The highest BCUT2D eigenvalue weighted by Crippen LogP contribution is 2.24. The minimum Gasteiger partial charge on any atom is -0.444 e. The van der Waals surface area contributed by atoms with E-state index < -0.39 is 0 Å². The molecule has 0 saturated heterocycles. The molecular weight excluding hydrogens is 434 g/mol. The molecule has 4 aromatic rings. The summed E-state index contributed by atoms with van der Waals surface area (Å²) in [7, 11) is 0. The Morgan fingerprint density at radius 1 is 0.963 bits per heavy atom. The van der Waals surface area contributed by atoms with E-state index in [0.29, 0.717) is 27.1 Å². The second-order valence-corrected chi connectivity index (χ2v) is 6.78. The van der Waals surface area contributed by atoms with Crippen molar-refractivity contribution < 1.29 is 13.7 Å². The quantitative estimate of drug-likeness (QED) is 0.439. The number of nitrogens with zero attached hydrogens (tertiary/aromatic N) is 2. The Bertz CT molecular complexity index is 1090. The average Bonchev–Trinajstić information content (AvgIpc) is 3.32. The molecule has 6 nitrogen and oxygen atoms in total. The van der Waals surface area contributed by atoms with E-state index >= 15 is 0 Å². The van der Waals surface area contributed by atoms with Gasteiger partial charge in [0.25, 0.3) is 11.8 Å². The number of halogens is 2. The summed E-state index contributed by atoms with van der Waals surface area (Å²) in [6.07, 6.45) is 0. The number of nitrogens with one attached hydrogen (secondary N) is 1. The number of carbonyl (C=O) groups excluding carboxylic acids is 1. The highest BCUT2D eigenvalue weighted by Gasteiger charge is 2.13. The Morgan fingerprint density at radius 2 is 1.67 bits per heavy atom. The van der Waals surface area contributed by atoms with Gasteiger partial charge >= 0.3 is 0 Å². The lowest BCUT2D eigenvalue weighted by Gasteiger charge is -2.03. The monoisotopic (exact) mass is 443 g/mol. The first kappa shape index (κ1) is 17.5. The van der Waals surface area contributed by atoms with Gasteiger partial charge in [-0.15, -0.1) is 0 Å². The van der Waals surface area contributed by atoms with Crippen molar-refractivity contribution in [3.63, 3.8) is 0 Å². The zero-order valence-corrected chi connectivity index (χ0v) is 16.0. The van der Waals surface area contributed by atoms with E-state index in [1.165, 1.54) is 0 Å². The maximum absolute atomic E-state index is 12.1. The maximum Gasteiger partial charge on any atom is 0.291 e. The Balaban J connectivity index is 1.49. The van der Waals surface area contributed by atoms with Gasteiger partial charge in [-0.25, -0.2) is 0 Å². The summed E-state index contributed by atoms with van der Waals surface area (Å²) in [5, 5.41) is 7.39. The van der Waals surface area contributed by atoms with E-state index in [1.807, 2.05) is 12.1 Å². The van der Waals surface area contributed by atoms with E-state index in [4.69, 9.17) is 20.5 Å². The van der Waals surface area contributed by atoms with Gasteiger partial charge in [0.15, 0.2) is 10.4 Å². The van der Waals surface area contributed by atoms with Crippen molar-refractivity contribution >= 4 is 39.1 Å². The molecule has 0 fully saturated rings. The lowest BCUT2D eigenvalue weighted by atomic mass is 10.2. The summed E-state index contributed by atoms with van der Waals surface area (Å²) in [6.45, 7) is 0. The van der Waals surface area contributed by atoms with Gasteiger partial charge in [0, 0.05) is 21.8 Å². The molecule has 134 valence electrons. The van der Waals surface area contributed by atoms with Gasteiger partial charge in [0.1, 0.15) is 0 Å². The summed E-state index contributed by atoms with van der Waals surface area (Å²) < 4.78 is 11.0. The van der Waals surface area contributed by atoms with Crippen molar-refractivity contribution in [3.8, 4) is 22.8 Å². The van der Waals surface area contributed by atoms with Crippen LogP contribution in [0.2, 0.25) is 5.02 Å². The Morgan fingerprint density at radius 3 is 2.33 bits per heavy atom. The van der Waals surface area contributed by atoms with Crippen LogP contribution in [0, 0.1) is 0 Å². The Labute approximate surface area is 167 Å². The van der Waals surface area contributed by atoms with Crippen LogP contribution in [0.25, 0.3) is 22.8 Å². The van der Waals surface area contributed by atoms with Crippen LogP contribution in [-0.4, -0.2) is 16.0 Å². The van der Waals surface area contributed by atoms with Crippen LogP contribution >= 0.6 is 27.5 Å². The molecule has 0 aliphatic carbocycles. The third-order valence-electron chi connectivity index (χ3n) is 3.72. The first-order valence-electron chi connectivity index (χ1n) is 7.85. The molecule has 1 N–H and O–H groups in total. The molecule has 0 bridgehead atoms. The molecule has 0 aliphatic heterocycles. The van der Waals surface area contributed by atoms with Crippen LogP contribution in [0.3, 0.4) is 0 Å². The SMILES string of the molecule is O=C(Nc1ccc(-c2noc(-c3ccc(Cl)cc3)n2)cc1)c1ccc(Br)o1. The highest BCUT2D eigenvalue weighted by atomic mass is 79.9. The van der Waals surface area contributed by atoms with Crippen LogP contribution in [0.5, 0.6) is 0 Å². The molecular formula is C19H11BrClN3O3. The molecule has 2 aromatic heterocycles. The second kappa shape index (κ2) is 7.38. The minimum absolute atomic E-state index is 0.219. The van der Waals surface area contributed by atoms with Crippen LogP contribution < -0.4 is 5.32 Å². The number of benzene rings is 2. The minimum atomic E-state index is -0.335. The third-order valence-corrected chi connectivity index (χ3v) is 4.39. The summed E-state index contributed by atoms with van der Waals surface area (Å²) >= 11 is 9.05. The molecule has 0 saturated carbocycles. The number of aromatic nitrogens is 2. The lowest BCUT2D eigenvalue weighted by molar-refractivity contribution is 0.0995. The molecule has 1 amide bonds. The largest absolute Gasteiger partial charge is 0.444 e. The molecule has 0 unspecified atom stereocenters. The second-order valence-electron chi connectivity index (χ2n) is 5.57. The Kier molecular flexibility index (Phi) is 4.79. The van der Waals surface area contributed by atoms with Crippen molar-refractivity contribution in [2.45, 2.75) is 0 Å². The molecule has 2 heterocycles. The van der Waals surface area contributed by atoms with Crippen molar-refractivity contribution in [1.29, 1.82) is 0 Å². The first-order valence-corrected chi connectivity index (χ1v) is 9.02. The molecule has 0 spiro atoms. The first-order chi connectivity index (χ1) is 13.1. The fourth-order valence-electron chi connectivity index (χ4n) is 2.38. The summed E-state index contributed by atoms with van der Waals surface area (Å²) in [4.78, 5) is 16.5. The molecule has 0 radical (unpaired) electrons. The van der Waals surface area contributed by atoms with Crippen molar-refractivity contribution in [3.05, 3.63) is 76.1 Å². The molecule has 8 heteroatoms. The smallest absolute Gasteiger partial charge is 0.291 e. The summed E-state index contributed by atoms with van der Waals surface area (Å²) in [6, 6.07) is 17.5. The number of carbonyl (C=O) groups is 1. The van der Waals surface area contributed by atoms with Gasteiger partial charge in [0.05, 0.1) is 0 Å². The van der Waals surface area contributed by atoms with E-state index in [9.17, 15) is 4.79 Å². The van der Waals surface area contributed by atoms with E-state index in [2.05, 4.69) is 31.4 Å². The molecule has 0 aliphatic rings. The van der Waals surface area contributed by atoms with Crippen LogP contribution in [0.15, 0.2) is 74.3 Å². The highest BCUT2D eigenvalue weighted by molar-refractivity contribution is 9.10. The van der Waals surface area contributed by atoms with Gasteiger partial charge in [-0.05, 0) is 76.6 Å². The van der Waals surface area contributed by atoms with E-state index in [1.54, 1.807) is 48.5 Å². The van der Waals surface area contributed by atoms with Crippen LogP contribution in [0.1, 0.15) is 10.6 Å². The normalized spacial score (nSPS) is 10.7. The number of rotatable bonds is 4. The summed E-state index contributed by atoms with van der Waals surface area (Å²) in [5.74, 6) is 0.741. The predicted molar refractivity (Wildman–Crippen MR) is 105 cm³/mol. The average molecular weight is 445 g/mol. The lowest BCUT2D eigenvalue weighted by Crippen LogP contribution is -2.10. The van der Waals surface area contributed by atoms with Gasteiger partial charge < -0.3 is 14.3 Å². The molecule has 4 rings (SSSR count). The van der Waals surface area contributed by atoms with Crippen LogP contribution in [-0.2, 0) is 0 Å². The fraction of sp³-hybridized carbons (Fsp3) is 0. The number of hydrogen-bond acceptors (Lipinski definition) is 5. The van der Waals surface area contributed by atoms with E-state index in [-0.39, 0.29) is 11.7 Å². The zero-order valence-electron chi connectivity index (χ0n) is 13.6. The van der Waals surface area contributed by atoms with Crippen molar-refractivity contribution in [2.75, 3.05) is 5.32 Å². The van der Waals surface area contributed by atoms with Gasteiger partial charge in [-0.2, -0.15) is 4.98 Å². The number of anilines is 1. The van der Waals surface area contributed by atoms with Crippen LogP contribution in [0.4, 0.5) is 5.69 Å². The summed E-state index contributed by atoms with van der Waals surface area (Å²) in [5.41, 5.74) is 2.17. The fourth-order valence-corrected chi connectivity index (χ4v) is 2.81. The number of furan rings is 1.